The molecule has 0 amide bonds. The lowest BCUT2D eigenvalue weighted by molar-refractivity contribution is 0.301. The Morgan fingerprint density at radius 2 is 1.94 bits per heavy atom. The number of aromatic nitrogens is 5. The molecule has 4 N–H and O–H groups in total. The Kier molecular flexibility index (Phi) is 7.58. The van der Waals surface area contributed by atoms with Crippen molar-refractivity contribution in [3.63, 3.8) is 0 Å². The van der Waals surface area contributed by atoms with Gasteiger partial charge in [0.25, 0.3) is 0 Å². The van der Waals surface area contributed by atoms with E-state index in [0.29, 0.717) is 36.0 Å². The number of nitrogens with one attached hydrogen (secondary N) is 1. The van der Waals surface area contributed by atoms with Crippen LogP contribution in [0.2, 0.25) is 0 Å². The van der Waals surface area contributed by atoms with Crippen LogP contribution in [0.3, 0.4) is 0 Å². The van der Waals surface area contributed by atoms with Crippen LogP contribution in [0.15, 0.2) is 36.7 Å². The van der Waals surface area contributed by atoms with Gasteiger partial charge < -0.3 is 21.1 Å². The minimum atomic E-state index is 0.0371. The van der Waals surface area contributed by atoms with E-state index in [-0.39, 0.29) is 12.6 Å². The number of nitrogen functional groups attached to an aromatic ring is 1. The molecule has 1 aliphatic rings. The van der Waals surface area contributed by atoms with Gasteiger partial charge in [0.2, 0.25) is 5.95 Å². The highest BCUT2D eigenvalue weighted by atomic mass is 16.3. The number of anilines is 2. The number of unbranched alkanes of at least 4 members (excludes halogenated alkanes) is 1. The van der Waals surface area contributed by atoms with E-state index in [4.69, 9.17) is 15.8 Å². The van der Waals surface area contributed by atoms with E-state index in [1.54, 1.807) is 0 Å². The monoisotopic (exact) mass is 488 g/mol. The Labute approximate surface area is 211 Å². The summed E-state index contributed by atoms with van der Waals surface area (Å²) in [6.45, 7) is 4.85. The lowest BCUT2D eigenvalue weighted by Gasteiger charge is -2.22. The van der Waals surface area contributed by atoms with Crippen LogP contribution in [0.5, 0.6) is 0 Å². The second-order valence-electron chi connectivity index (χ2n) is 9.68. The van der Waals surface area contributed by atoms with Gasteiger partial charge in [0.05, 0.1) is 24.9 Å². The van der Waals surface area contributed by atoms with Gasteiger partial charge in [0.15, 0.2) is 11.3 Å². The Balaban J connectivity index is 1.44. The normalized spacial score (nSPS) is 14.3. The molecule has 5 rings (SSSR count). The Bertz CT molecular complexity index is 1310. The van der Waals surface area contributed by atoms with E-state index >= 15 is 0 Å². The fourth-order valence-electron chi connectivity index (χ4n) is 5.19. The van der Waals surface area contributed by atoms with Crippen LogP contribution in [-0.4, -0.2) is 55.6 Å². The van der Waals surface area contributed by atoms with E-state index in [9.17, 15) is 5.11 Å². The lowest BCUT2D eigenvalue weighted by atomic mass is 10.0. The third-order valence-corrected chi connectivity index (χ3v) is 7.07. The molecule has 0 bridgehead atoms. The standard InChI is InChI=1S/C27H36N8O/c1-2-3-13-34(14-15-36)26-25-23(31-27(28)32-26)18-35(33-25)17-20-11-10-19(16-30-21-7-4-5-8-21)22-9-6-12-29-24(20)22/h6,9-12,18,21,30,36H,2-5,7-8,13-17H2,1H3,(H2,28,31). The molecule has 0 atom stereocenters. The molecule has 4 aromatic rings. The van der Waals surface area contributed by atoms with Gasteiger partial charge in [0.1, 0.15) is 5.52 Å². The summed E-state index contributed by atoms with van der Waals surface area (Å²) in [6.07, 6.45) is 11.0. The Morgan fingerprint density at radius 1 is 1.11 bits per heavy atom. The van der Waals surface area contributed by atoms with Crippen molar-refractivity contribution < 1.29 is 5.11 Å². The van der Waals surface area contributed by atoms with Crippen LogP contribution in [0.1, 0.15) is 56.6 Å². The highest BCUT2D eigenvalue weighted by molar-refractivity contribution is 5.87. The highest BCUT2D eigenvalue weighted by Gasteiger charge is 2.18. The summed E-state index contributed by atoms with van der Waals surface area (Å²) >= 11 is 0. The smallest absolute Gasteiger partial charge is 0.222 e. The molecule has 3 heterocycles. The maximum Gasteiger partial charge on any atom is 0.222 e. The van der Waals surface area contributed by atoms with E-state index < -0.39 is 0 Å². The third-order valence-electron chi connectivity index (χ3n) is 7.07. The molecule has 0 radical (unpaired) electrons. The van der Waals surface area contributed by atoms with Gasteiger partial charge >= 0.3 is 0 Å². The van der Waals surface area contributed by atoms with Crippen LogP contribution in [-0.2, 0) is 13.1 Å². The number of nitrogens with zero attached hydrogens (tertiary/aromatic N) is 6. The van der Waals surface area contributed by atoms with Crippen LogP contribution in [0.4, 0.5) is 11.8 Å². The van der Waals surface area contributed by atoms with Gasteiger partial charge in [-0.1, -0.05) is 44.4 Å². The predicted molar refractivity (Wildman–Crippen MR) is 144 cm³/mol. The van der Waals surface area contributed by atoms with Crippen molar-refractivity contribution in [1.29, 1.82) is 0 Å². The van der Waals surface area contributed by atoms with Crippen LogP contribution in [0, 0.1) is 0 Å². The van der Waals surface area contributed by atoms with Crippen molar-refractivity contribution in [3.05, 3.63) is 47.8 Å². The van der Waals surface area contributed by atoms with Crippen molar-refractivity contribution in [2.75, 3.05) is 30.3 Å². The van der Waals surface area contributed by atoms with Crippen molar-refractivity contribution in [1.82, 2.24) is 30.0 Å². The quantitative estimate of drug-likeness (QED) is 0.293. The maximum absolute atomic E-state index is 9.61. The summed E-state index contributed by atoms with van der Waals surface area (Å²) in [6, 6.07) is 9.15. The van der Waals surface area contributed by atoms with Gasteiger partial charge in [0, 0.05) is 37.3 Å². The Morgan fingerprint density at radius 3 is 2.75 bits per heavy atom. The van der Waals surface area contributed by atoms with Gasteiger partial charge in [-0.2, -0.15) is 10.1 Å². The molecule has 36 heavy (non-hydrogen) atoms. The van der Waals surface area contributed by atoms with Gasteiger partial charge in [-0.15, -0.1) is 0 Å². The van der Waals surface area contributed by atoms with Crippen molar-refractivity contribution in [2.24, 2.45) is 0 Å². The van der Waals surface area contributed by atoms with Crippen LogP contribution in [0.25, 0.3) is 21.9 Å². The van der Waals surface area contributed by atoms with Gasteiger partial charge in [-0.25, -0.2) is 4.98 Å². The number of pyridine rings is 1. The number of benzene rings is 1. The number of hydrogen-bond donors (Lipinski definition) is 3. The molecule has 3 aromatic heterocycles. The largest absolute Gasteiger partial charge is 0.395 e. The predicted octanol–water partition coefficient (Wildman–Crippen LogP) is 3.64. The molecule has 0 aliphatic heterocycles. The summed E-state index contributed by atoms with van der Waals surface area (Å²) in [5, 5.41) is 19.4. The van der Waals surface area contributed by atoms with E-state index in [1.807, 2.05) is 28.0 Å². The first kappa shape index (κ1) is 24.4. The summed E-state index contributed by atoms with van der Waals surface area (Å²) in [7, 11) is 0. The molecule has 1 fully saturated rings. The summed E-state index contributed by atoms with van der Waals surface area (Å²) in [5.41, 5.74) is 10.8. The second-order valence-corrected chi connectivity index (χ2v) is 9.68. The van der Waals surface area contributed by atoms with E-state index in [1.165, 1.54) is 36.6 Å². The zero-order chi connectivity index (χ0) is 24.9. The Hall–Kier alpha value is -3.30. The third kappa shape index (κ3) is 5.27. The molecule has 0 saturated heterocycles. The van der Waals surface area contributed by atoms with Crippen LogP contribution >= 0.6 is 0 Å². The van der Waals surface area contributed by atoms with Crippen molar-refractivity contribution >= 4 is 33.7 Å². The molecule has 190 valence electrons. The molecule has 9 nitrogen and oxygen atoms in total. The average molecular weight is 489 g/mol. The first-order chi connectivity index (χ1) is 17.7. The first-order valence-corrected chi connectivity index (χ1v) is 13.1. The molecule has 0 unspecified atom stereocenters. The number of aliphatic hydroxyl groups excluding tert-OH is 1. The number of aliphatic hydroxyl groups is 1. The maximum atomic E-state index is 9.61. The molecule has 1 aromatic carbocycles. The molecular weight excluding hydrogens is 452 g/mol. The fraction of sp³-hybridized carbons (Fsp3) is 0.481. The number of fused-ring (bicyclic) bond motifs is 2. The van der Waals surface area contributed by atoms with E-state index in [2.05, 4.69) is 40.4 Å². The number of nitrogens with two attached hydrogens (primary N) is 1. The average Bonchev–Trinajstić information content (AvgIpc) is 3.55. The molecule has 1 aliphatic carbocycles. The van der Waals surface area contributed by atoms with Crippen molar-refractivity contribution in [2.45, 2.75) is 64.6 Å². The number of hydrogen-bond acceptors (Lipinski definition) is 8. The van der Waals surface area contributed by atoms with Crippen molar-refractivity contribution in [3.8, 4) is 0 Å². The molecule has 0 spiro atoms. The number of rotatable bonds is 11. The summed E-state index contributed by atoms with van der Waals surface area (Å²) < 4.78 is 1.89. The minimum Gasteiger partial charge on any atom is -0.395 e. The summed E-state index contributed by atoms with van der Waals surface area (Å²) in [4.78, 5) is 15.7. The second kappa shape index (κ2) is 11.2. The SMILES string of the molecule is CCCCN(CCO)c1nc(N)nc2cn(Cc3ccc(CNC4CCCC4)c4cccnc34)nc12. The molecule has 9 heteroatoms. The molecular formula is C27H36N8O. The zero-order valence-corrected chi connectivity index (χ0v) is 21.0. The highest BCUT2D eigenvalue weighted by Crippen LogP contribution is 2.26. The van der Waals surface area contributed by atoms with E-state index in [0.717, 1.165) is 37.0 Å². The molecule has 1 saturated carbocycles. The minimum absolute atomic E-state index is 0.0371. The topological polar surface area (TPSA) is 118 Å². The fourth-order valence-corrected chi connectivity index (χ4v) is 5.19. The first-order valence-electron chi connectivity index (χ1n) is 13.1. The zero-order valence-electron chi connectivity index (χ0n) is 21.0. The van der Waals surface area contributed by atoms with Gasteiger partial charge in [-0.05, 0) is 36.5 Å². The summed E-state index contributed by atoms with van der Waals surface area (Å²) in [5.74, 6) is 0.887. The van der Waals surface area contributed by atoms with Gasteiger partial charge in [-0.3, -0.25) is 9.67 Å². The lowest BCUT2D eigenvalue weighted by Crippen LogP contribution is -2.29. The van der Waals surface area contributed by atoms with Crippen LogP contribution < -0.4 is 16.0 Å².